The van der Waals surface area contributed by atoms with E-state index in [9.17, 15) is 4.39 Å². The Kier molecular flexibility index (Phi) is 5.10. The molecule has 0 aliphatic carbocycles. The first kappa shape index (κ1) is 14.2. The van der Waals surface area contributed by atoms with E-state index in [1.807, 2.05) is 0 Å². The van der Waals surface area contributed by atoms with Crippen molar-refractivity contribution in [1.29, 1.82) is 0 Å². The normalized spacial score (nSPS) is 20.8. The lowest BCUT2D eigenvalue weighted by Crippen LogP contribution is -2.54. The molecule has 1 aliphatic rings. The number of methoxy groups -OCH3 is 1. The molecule has 2 rings (SSSR count). The van der Waals surface area contributed by atoms with Crippen LogP contribution in [-0.2, 0) is 4.74 Å². The molecule has 1 aliphatic heterocycles. The largest absolute Gasteiger partial charge is 0.383 e. The lowest BCUT2D eigenvalue weighted by Gasteiger charge is -2.41. The maximum absolute atomic E-state index is 12.9. The van der Waals surface area contributed by atoms with Crippen LogP contribution in [0.4, 0.5) is 10.2 Å². The van der Waals surface area contributed by atoms with Crippen LogP contribution in [0.1, 0.15) is 13.3 Å². The van der Waals surface area contributed by atoms with E-state index in [-0.39, 0.29) is 5.82 Å². The van der Waals surface area contributed by atoms with E-state index in [0.29, 0.717) is 6.04 Å². The second-order valence-electron chi connectivity index (χ2n) is 4.87. The third-order valence-electron chi connectivity index (χ3n) is 3.69. The smallest absolute Gasteiger partial charge is 0.141 e. The highest BCUT2D eigenvalue weighted by molar-refractivity contribution is 5.38. The Balaban J connectivity index is 1.98. The number of piperazine rings is 1. The highest BCUT2D eigenvalue weighted by atomic mass is 19.1. The molecule has 0 bridgehead atoms. The van der Waals surface area contributed by atoms with Gasteiger partial charge in [-0.1, -0.05) is 6.92 Å². The van der Waals surface area contributed by atoms with Crippen molar-refractivity contribution in [3.8, 4) is 0 Å². The second kappa shape index (κ2) is 6.82. The quantitative estimate of drug-likeness (QED) is 0.813. The van der Waals surface area contributed by atoms with Crippen LogP contribution in [0, 0.1) is 5.82 Å². The van der Waals surface area contributed by atoms with Gasteiger partial charge in [0.1, 0.15) is 11.6 Å². The zero-order valence-corrected chi connectivity index (χ0v) is 11.7. The van der Waals surface area contributed by atoms with Gasteiger partial charge < -0.3 is 9.64 Å². The van der Waals surface area contributed by atoms with Crippen LogP contribution in [0.2, 0.25) is 0 Å². The molecule has 0 unspecified atom stereocenters. The zero-order valence-electron chi connectivity index (χ0n) is 11.7. The van der Waals surface area contributed by atoms with Crippen LogP contribution in [0.25, 0.3) is 0 Å². The van der Waals surface area contributed by atoms with E-state index in [0.717, 1.165) is 45.0 Å². The van der Waals surface area contributed by atoms with E-state index < -0.39 is 0 Å². The number of ether oxygens (including phenoxy) is 1. The summed E-state index contributed by atoms with van der Waals surface area (Å²) >= 11 is 0. The van der Waals surface area contributed by atoms with Gasteiger partial charge in [0.15, 0.2) is 0 Å². The van der Waals surface area contributed by atoms with Crippen molar-refractivity contribution in [2.24, 2.45) is 0 Å². The van der Waals surface area contributed by atoms with Crippen molar-refractivity contribution in [1.82, 2.24) is 9.88 Å². The van der Waals surface area contributed by atoms with Crippen LogP contribution in [0.15, 0.2) is 18.3 Å². The van der Waals surface area contributed by atoms with Gasteiger partial charge in [-0.3, -0.25) is 4.90 Å². The monoisotopic (exact) mass is 267 g/mol. The minimum absolute atomic E-state index is 0.283. The third kappa shape index (κ3) is 3.64. The summed E-state index contributed by atoms with van der Waals surface area (Å²) in [6.45, 7) is 6.82. The fourth-order valence-corrected chi connectivity index (χ4v) is 2.55. The summed E-state index contributed by atoms with van der Waals surface area (Å²) in [5, 5.41) is 0. The SMILES string of the molecule is CC[C@@H]1CN(c2ccc(F)cn2)CCN1CCOC. The van der Waals surface area contributed by atoms with Crippen molar-refractivity contribution < 1.29 is 9.13 Å². The van der Waals surface area contributed by atoms with Gasteiger partial charge in [-0.25, -0.2) is 9.37 Å². The van der Waals surface area contributed by atoms with Crippen LogP contribution >= 0.6 is 0 Å². The standard InChI is InChI=1S/C14H22FN3O/c1-3-13-11-18(7-6-17(13)8-9-19-2)14-5-4-12(15)10-16-14/h4-5,10,13H,3,6-9,11H2,1-2H3/t13-/m1/s1. The molecule has 1 aromatic heterocycles. The lowest BCUT2D eigenvalue weighted by atomic mass is 10.1. The average Bonchev–Trinajstić information content (AvgIpc) is 2.46. The topological polar surface area (TPSA) is 28.6 Å². The molecule has 0 spiro atoms. The maximum atomic E-state index is 12.9. The molecule has 5 heteroatoms. The van der Waals surface area contributed by atoms with Crippen LogP contribution in [0.5, 0.6) is 0 Å². The number of halogens is 1. The van der Waals surface area contributed by atoms with Gasteiger partial charge >= 0.3 is 0 Å². The third-order valence-corrected chi connectivity index (χ3v) is 3.69. The number of aromatic nitrogens is 1. The fourth-order valence-electron chi connectivity index (χ4n) is 2.55. The summed E-state index contributed by atoms with van der Waals surface area (Å²) in [5.74, 6) is 0.584. The molecule has 1 fully saturated rings. The Morgan fingerprint density at radius 2 is 2.26 bits per heavy atom. The molecule has 1 saturated heterocycles. The molecular formula is C14H22FN3O. The summed E-state index contributed by atoms with van der Waals surface area (Å²) in [6.07, 6.45) is 2.38. The van der Waals surface area contributed by atoms with Crippen molar-refractivity contribution in [3.05, 3.63) is 24.1 Å². The summed E-state index contributed by atoms with van der Waals surface area (Å²) in [7, 11) is 1.74. The van der Waals surface area contributed by atoms with E-state index in [4.69, 9.17) is 4.74 Å². The molecule has 2 heterocycles. The molecule has 0 amide bonds. The van der Waals surface area contributed by atoms with Gasteiger partial charge in [0.2, 0.25) is 0 Å². The number of hydrogen-bond donors (Lipinski definition) is 0. The van der Waals surface area contributed by atoms with Gasteiger partial charge in [-0.2, -0.15) is 0 Å². The molecule has 0 saturated carbocycles. The molecule has 1 aromatic rings. The summed E-state index contributed by atoms with van der Waals surface area (Å²) in [4.78, 5) is 8.86. The van der Waals surface area contributed by atoms with E-state index in [1.165, 1.54) is 12.3 Å². The van der Waals surface area contributed by atoms with Crippen molar-refractivity contribution in [3.63, 3.8) is 0 Å². The summed E-state index contributed by atoms with van der Waals surface area (Å²) in [6, 6.07) is 3.74. The number of hydrogen-bond acceptors (Lipinski definition) is 4. The molecule has 0 aromatic carbocycles. The summed E-state index contributed by atoms with van der Waals surface area (Å²) < 4.78 is 18.0. The number of nitrogens with zero attached hydrogens (tertiary/aromatic N) is 3. The Labute approximate surface area is 114 Å². The number of anilines is 1. The Bertz CT molecular complexity index is 385. The number of pyridine rings is 1. The minimum atomic E-state index is -0.283. The predicted octanol–water partition coefficient (Wildman–Crippen LogP) is 1.77. The van der Waals surface area contributed by atoms with E-state index in [1.54, 1.807) is 13.2 Å². The highest BCUT2D eigenvalue weighted by Gasteiger charge is 2.25. The molecule has 1 atom stereocenters. The summed E-state index contributed by atoms with van der Waals surface area (Å²) in [5.41, 5.74) is 0. The first-order valence-electron chi connectivity index (χ1n) is 6.84. The molecule has 4 nitrogen and oxygen atoms in total. The molecule has 0 N–H and O–H groups in total. The van der Waals surface area contributed by atoms with Gasteiger partial charge in [0, 0.05) is 39.3 Å². The fraction of sp³-hybridized carbons (Fsp3) is 0.643. The van der Waals surface area contributed by atoms with Crippen molar-refractivity contribution in [2.75, 3.05) is 44.8 Å². The van der Waals surface area contributed by atoms with Crippen molar-refractivity contribution in [2.45, 2.75) is 19.4 Å². The molecule has 19 heavy (non-hydrogen) atoms. The molecule has 0 radical (unpaired) electrons. The second-order valence-corrected chi connectivity index (χ2v) is 4.87. The Morgan fingerprint density at radius 3 is 2.89 bits per heavy atom. The average molecular weight is 267 g/mol. The van der Waals surface area contributed by atoms with Crippen LogP contribution in [0.3, 0.4) is 0 Å². The Hall–Kier alpha value is -1.20. The lowest BCUT2D eigenvalue weighted by molar-refractivity contribution is 0.109. The first-order valence-corrected chi connectivity index (χ1v) is 6.84. The van der Waals surface area contributed by atoms with Gasteiger partial charge in [-0.15, -0.1) is 0 Å². The van der Waals surface area contributed by atoms with Crippen LogP contribution in [-0.4, -0.2) is 55.8 Å². The number of rotatable bonds is 5. The van der Waals surface area contributed by atoms with Gasteiger partial charge in [-0.05, 0) is 18.6 Å². The van der Waals surface area contributed by atoms with Crippen LogP contribution < -0.4 is 4.90 Å². The molecular weight excluding hydrogens is 245 g/mol. The highest BCUT2D eigenvalue weighted by Crippen LogP contribution is 2.18. The van der Waals surface area contributed by atoms with E-state index >= 15 is 0 Å². The van der Waals surface area contributed by atoms with Gasteiger partial charge in [0.05, 0.1) is 12.8 Å². The van der Waals surface area contributed by atoms with Crippen molar-refractivity contribution >= 4 is 5.82 Å². The first-order chi connectivity index (χ1) is 9.24. The maximum Gasteiger partial charge on any atom is 0.141 e. The predicted molar refractivity (Wildman–Crippen MR) is 73.9 cm³/mol. The Morgan fingerprint density at radius 1 is 1.42 bits per heavy atom. The minimum Gasteiger partial charge on any atom is -0.383 e. The zero-order chi connectivity index (χ0) is 13.7. The molecule has 106 valence electrons. The van der Waals surface area contributed by atoms with Gasteiger partial charge in [0.25, 0.3) is 0 Å². The van der Waals surface area contributed by atoms with E-state index in [2.05, 4.69) is 21.7 Å².